The monoisotopic (exact) mass is 328 g/mol. The van der Waals surface area contributed by atoms with E-state index in [2.05, 4.69) is 15.9 Å². The van der Waals surface area contributed by atoms with Gasteiger partial charge in [0.05, 0.1) is 10.8 Å². The van der Waals surface area contributed by atoms with Crippen LogP contribution in [-0.2, 0) is 15.6 Å². The first-order valence-electron chi connectivity index (χ1n) is 5.33. The second-order valence-electron chi connectivity index (χ2n) is 4.14. The fourth-order valence-electron chi connectivity index (χ4n) is 1.64. The lowest BCUT2D eigenvalue weighted by molar-refractivity contribution is -0.114. The molecule has 1 atom stereocenters. The fraction of sp³-hybridized carbons (Fsp3) is 0.250. The third kappa shape index (κ3) is 2.64. The summed E-state index contributed by atoms with van der Waals surface area (Å²) < 4.78 is 12.9. The van der Waals surface area contributed by atoms with Gasteiger partial charge in [-0.25, -0.2) is 0 Å². The number of benzene rings is 1. The zero-order valence-corrected chi connectivity index (χ0v) is 12.5. The van der Waals surface area contributed by atoms with E-state index in [4.69, 9.17) is 0 Å². The highest BCUT2D eigenvalue weighted by Crippen LogP contribution is 2.26. The lowest BCUT2D eigenvalue weighted by atomic mass is 10.3. The second-order valence-corrected chi connectivity index (χ2v) is 6.45. The Bertz CT molecular complexity index is 525. The SMILES string of the molecule is CN(C)/C=C1\C(=O)N(c2ccc(Br)cc2)CS1=O. The van der Waals surface area contributed by atoms with Gasteiger partial charge in [0.1, 0.15) is 10.8 Å². The van der Waals surface area contributed by atoms with E-state index >= 15 is 0 Å². The Morgan fingerprint density at radius 2 is 1.94 bits per heavy atom. The summed E-state index contributed by atoms with van der Waals surface area (Å²) in [7, 11) is 2.35. The number of rotatable bonds is 2. The van der Waals surface area contributed by atoms with Crippen LogP contribution in [0.1, 0.15) is 0 Å². The maximum atomic E-state index is 12.2. The van der Waals surface area contributed by atoms with Gasteiger partial charge in [0.15, 0.2) is 0 Å². The van der Waals surface area contributed by atoms with Crippen molar-refractivity contribution >= 4 is 38.3 Å². The van der Waals surface area contributed by atoms with Gasteiger partial charge in [0.25, 0.3) is 5.91 Å². The van der Waals surface area contributed by atoms with Crippen LogP contribution >= 0.6 is 15.9 Å². The summed E-state index contributed by atoms with van der Waals surface area (Å²) in [6, 6.07) is 7.38. The van der Waals surface area contributed by atoms with E-state index < -0.39 is 10.8 Å². The standard InChI is InChI=1S/C12H13BrN2O2S/c1-14(2)7-11-12(16)15(8-18(11)17)10-5-3-9(13)4-6-10/h3-7H,8H2,1-2H3/b11-7+. The van der Waals surface area contributed by atoms with Crippen molar-refractivity contribution in [2.45, 2.75) is 0 Å². The number of hydrogen-bond donors (Lipinski definition) is 0. The van der Waals surface area contributed by atoms with Crippen LogP contribution in [0.4, 0.5) is 5.69 Å². The van der Waals surface area contributed by atoms with E-state index in [0.717, 1.165) is 10.2 Å². The summed E-state index contributed by atoms with van der Waals surface area (Å²) in [5, 5.41) is 0. The highest BCUT2D eigenvalue weighted by Gasteiger charge is 2.33. The fourth-order valence-corrected chi connectivity index (χ4v) is 3.17. The Morgan fingerprint density at radius 3 is 2.50 bits per heavy atom. The molecule has 0 aromatic heterocycles. The molecule has 4 nitrogen and oxygen atoms in total. The highest BCUT2D eigenvalue weighted by molar-refractivity contribution is 9.10. The molecule has 1 heterocycles. The third-order valence-electron chi connectivity index (χ3n) is 2.46. The Kier molecular flexibility index (Phi) is 3.87. The van der Waals surface area contributed by atoms with E-state index in [1.165, 1.54) is 4.90 Å². The molecule has 1 amide bonds. The third-order valence-corrected chi connectivity index (χ3v) is 4.25. The minimum absolute atomic E-state index is 0.190. The van der Waals surface area contributed by atoms with Crippen LogP contribution in [0.25, 0.3) is 0 Å². The Labute approximate surface area is 117 Å². The number of halogens is 1. The molecule has 1 aliphatic heterocycles. The summed E-state index contributed by atoms with van der Waals surface area (Å²) in [5.74, 6) is 0.0319. The van der Waals surface area contributed by atoms with Gasteiger partial charge in [-0.05, 0) is 24.3 Å². The maximum absolute atomic E-state index is 12.2. The van der Waals surface area contributed by atoms with Crippen LogP contribution < -0.4 is 4.90 Å². The van der Waals surface area contributed by atoms with Crippen molar-refractivity contribution in [1.82, 2.24) is 4.90 Å². The molecule has 0 radical (unpaired) electrons. The Balaban J connectivity index is 2.31. The Hall–Kier alpha value is -1.14. The molecule has 18 heavy (non-hydrogen) atoms. The minimum Gasteiger partial charge on any atom is -0.382 e. The van der Waals surface area contributed by atoms with Crippen molar-refractivity contribution in [3.8, 4) is 0 Å². The van der Waals surface area contributed by atoms with Crippen molar-refractivity contribution in [3.05, 3.63) is 39.8 Å². The van der Waals surface area contributed by atoms with Gasteiger partial charge in [0, 0.05) is 30.5 Å². The van der Waals surface area contributed by atoms with Crippen LogP contribution in [-0.4, -0.2) is 35.0 Å². The van der Waals surface area contributed by atoms with E-state index in [-0.39, 0.29) is 11.8 Å². The highest BCUT2D eigenvalue weighted by atomic mass is 79.9. The predicted octanol–water partition coefficient (Wildman–Crippen LogP) is 1.90. The average Bonchev–Trinajstić information content (AvgIpc) is 2.58. The molecule has 2 rings (SSSR count). The molecule has 1 aromatic carbocycles. The van der Waals surface area contributed by atoms with Crippen molar-refractivity contribution in [2.75, 3.05) is 24.9 Å². The van der Waals surface area contributed by atoms with E-state index in [0.29, 0.717) is 4.91 Å². The van der Waals surface area contributed by atoms with Crippen LogP contribution in [0.5, 0.6) is 0 Å². The molecule has 0 N–H and O–H groups in total. The number of carbonyl (C=O) groups excluding carboxylic acids is 1. The molecule has 0 bridgehead atoms. The van der Waals surface area contributed by atoms with Crippen molar-refractivity contribution in [3.63, 3.8) is 0 Å². The predicted molar refractivity (Wildman–Crippen MR) is 76.4 cm³/mol. The molecule has 1 fully saturated rings. The van der Waals surface area contributed by atoms with Crippen molar-refractivity contribution in [2.24, 2.45) is 0 Å². The number of amides is 1. The van der Waals surface area contributed by atoms with Crippen molar-refractivity contribution in [1.29, 1.82) is 0 Å². The van der Waals surface area contributed by atoms with E-state index in [9.17, 15) is 9.00 Å². The molecule has 0 saturated carbocycles. The van der Waals surface area contributed by atoms with Gasteiger partial charge >= 0.3 is 0 Å². The first-order chi connectivity index (χ1) is 8.49. The lowest BCUT2D eigenvalue weighted by Crippen LogP contribution is -2.24. The normalized spacial score (nSPS) is 21.7. The van der Waals surface area contributed by atoms with Crippen molar-refractivity contribution < 1.29 is 9.00 Å². The van der Waals surface area contributed by atoms with Gasteiger partial charge in [-0.3, -0.25) is 13.9 Å². The number of hydrogen-bond acceptors (Lipinski definition) is 3. The van der Waals surface area contributed by atoms with Gasteiger partial charge in [-0.2, -0.15) is 0 Å². The van der Waals surface area contributed by atoms with Crippen LogP contribution in [0.3, 0.4) is 0 Å². The zero-order chi connectivity index (χ0) is 13.3. The molecular weight excluding hydrogens is 316 g/mol. The molecule has 1 saturated heterocycles. The first kappa shape index (κ1) is 13.3. The van der Waals surface area contributed by atoms with Gasteiger partial charge in [-0.15, -0.1) is 0 Å². The van der Waals surface area contributed by atoms with Crippen LogP contribution in [0.15, 0.2) is 39.8 Å². The van der Waals surface area contributed by atoms with Gasteiger partial charge in [0.2, 0.25) is 0 Å². The second kappa shape index (κ2) is 5.24. The van der Waals surface area contributed by atoms with E-state index in [1.807, 2.05) is 24.3 Å². The summed E-state index contributed by atoms with van der Waals surface area (Å²) >= 11 is 3.34. The maximum Gasteiger partial charge on any atom is 0.269 e. The Morgan fingerprint density at radius 1 is 1.33 bits per heavy atom. The quantitative estimate of drug-likeness (QED) is 0.778. The molecule has 0 aliphatic carbocycles. The molecular formula is C12H13BrN2O2S. The van der Waals surface area contributed by atoms with Crippen LogP contribution in [0.2, 0.25) is 0 Å². The van der Waals surface area contributed by atoms with Gasteiger partial charge in [-0.1, -0.05) is 15.9 Å². The molecule has 6 heteroatoms. The zero-order valence-electron chi connectivity index (χ0n) is 10.1. The van der Waals surface area contributed by atoms with Gasteiger partial charge < -0.3 is 4.90 Å². The number of carbonyl (C=O) groups is 1. The topological polar surface area (TPSA) is 40.6 Å². The molecule has 1 aliphatic rings. The number of anilines is 1. The molecule has 1 aromatic rings. The molecule has 1 unspecified atom stereocenters. The summed E-state index contributed by atoms with van der Waals surface area (Å²) in [5.41, 5.74) is 0.763. The largest absolute Gasteiger partial charge is 0.382 e. The summed E-state index contributed by atoms with van der Waals surface area (Å²) in [6.07, 6.45) is 1.62. The first-order valence-corrected chi connectivity index (χ1v) is 7.44. The average molecular weight is 329 g/mol. The summed E-state index contributed by atoms with van der Waals surface area (Å²) in [4.78, 5) is 15.8. The number of nitrogens with zero attached hydrogens (tertiary/aromatic N) is 2. The minimum atomic E-state index is -1.26. The molecule has 0 spiro atoms. The smallest absolute Gasteiger partial charge is 0.269 e. The van der Waals surface area contributed by atoms with E-state index in [1.54, 1.807) is 25.2 Å². The summed E-state index contributed by atoms with van der Waals surface area (Å²) in [6.45, 7) is 0. The molecule has 96 valence electrons. The lowest BCUT2D eigenvalue weighted by Gasteiger charge is -2.14. The van der Waals surface area contributed by atoms with Crippen LogP contribution in [0, 0.1) is 0 Å².